The average molecular weight is 904 g/mol. The summed E-state index contributed by atoms with van der Waals surface area (Å²) in [4.78, 5) is 14.9. The molecule has 3 aliphatic carbocycles. The van der Waals surface area contributed by atoms with Crippen LogP contribution in [0.4, 0.5) is 0 Å². The van der Waals surface area contributed by atoms with E-state index in [9.17, 15) is 0 Å². The molecule has 3 aliphatic rings. The summed E-state index contributed by atoms with van der Waals surface area (Å²) in [7, 11) is 1.80. The number of nitrogens with zero attached hydrogens (tertiary/aromatic N) is 3. The monoisotopic (exact) mass is 903 g/mol. The first-order chi connectivity index (χ1) is 35.2. The highest BCUT2D eigenvalue weighted by Gasteiger charge is 2.58. The number of hydrogen-bond donors (Lipinski definition) is 0. The number of hydrogen-bond acceptors (Lipinski definition) is 3. The number of aromatic nitrogens is 2. The van der Waals surface area contributed by atoms with Crippen LogP contribution in [0.3, 0.4) is 0 Å². The van der Waals surface area contributed by atoms with Gasteiger partial charge < -0.3 is 0 Å². The smallest absolute Gasteiger partial charge is 0.160 e. The number of fused-ring (bicyclic) bond motifs is 16. The van der Waals surface area contributed by atoms with Gasteiger partial charge in [0.25, 0.3) is 0 Å². The van der Waals surface area contributed by atoms with Gasteiger partial charge in [-0.25, -0.2) is 9.97 Å². The largest absolute Gasteiger partial charge is 0.296 e. The van der Waals surface area contributed by atoms with Crippen molar-refractivity contribution >= 4 is 6.21 Å². The molecule has 2 spiro atoms. The van der Waals surface area contributed by atoms with E-state index in [1.54, 1.807) is 7.05 Å². The van der Waals surface area contributed by atoms with Crippen molar-refractivity contribution in [3.05, 3.63) is 299 Å². The molecule has 0 fully saturated rings. The fraction of sp³-hybridized carbons (Fsp3) is 0.0441. The van der Waals surface area contributed by atoms with Crippen LogP contribution in [0.25, 0.3) is 78.4 Å². The standard InChI is InChI=1S/C68H45N3/c1-69-43-44-19-17-22-46(39-44)47-23-18-24-49(40-47)66-70-64(45-20-3-2-4-21-45)42-65(71-66)54-29-6-5-25-50(54)48-37-38-59-55(41-48)53-28-9-12-32-58(53)68(59)62-35-15-13-33-60(62)67(61-34-14-16-36-63(61)68)56-30-10-7-26-51(56)52-27-8-11-31-57(52)67/h2-43H,1H3. The van der Waals surface area contributed by atoms with Crippen LogP contribution >= 0.6 is 0 Å². The molecule has 1 aromatic heterocycles. The Labute approximate surface area is 414 Å². The Morgan fingerprint density at radius 3 is 1.32 bits per heavy atom. The van der Waals surface area contributed by atoms with E-state index in [0.717, 1.165) is 55.9 Å². The molecule has 0 saturated heterocycles. The van der Waals surface area contributed by atoms with E-state index in [1.807, 2.05) is 12.3 Å². The van der Waals surface area contributed by atoms with Gasteiger partial charge in [-0.1, -0.05) is 224 Å². The van der Waals surface area contributed by atoms with E-state index >= 15 is 0 Å². The maximum absolute atomic E-state index is 5.43. The Hall–Kier alpha value is -9.05. The lowest BCUT2D eigenvalue weighted by molar-refractivity contribution is 0.633. The first-order valence-electron chi connectivity index (χ1n) is 24.5. The number of rotatable bonds is 6. The Balaban J connectivity index is 0.956. The first kappa shape index (κ1) is 41.0. The molecule has 0 saturated carbocycles. The van der Waals surface area contributed by atoms with Crippen LogP contribution in [0.5, 0.6) is 0 Å². The summed E-state index contributed by atoms with van der Waals surface area (Å²) < 4.78 is 0. The van der Waals surface area contributed by atoms with E-state index in [0.29, 0.717) is 5.82 Å². The van der Waals surface area contributed by atoms with E-state index in [2.05, 4.69) is 248 Å². The minimum absolute atomic E-state index is 0.479. The van der Waals surface area contributed by atoms with Crippen molar-refractivity contribution in [2.75, 3.05) is 7.05 Å². The highest BCUT2D eigenvalue weighted by molar-refractivity contribution is 5.96. The zero-order valence-corrected chi connectivity index (χ0v) is 39.1. The van der Waals surface area contributed by atoms with Crippen LogP contribution in [0.15, 0.2) is 254 Å². The summed E-state index contributed by atoms with van der Waals surface area (Å²) in [6.07, 6.45) is 1.89. The molecule has 71 heavy (non-hydrogen) atoms. The maximum Gasteiger partial charge on any atom is 0.160 e. The van der Waals surface area contributed by atoms with Crippen LogP contribution in [-0.4, -0.2) is 23.2 Å². The van der Waals surface area contributed by atoms with Gasteiger partial charge in [-0.15, -0.1) is 0 Å². The molecule has 1 heterocycles. The first-order valence-corrected chi connectivity index (χ1v) is 24.5. The SMILES string of the molecule is CN=Cc1cccc(-c2cccc(-c3nc(-c4ccccc4)cc(-c4ccccc4-c4ccc5c(c4)-c4ccccc4C54c5ccccc5C5(c6ccccc6-c6ccccc65)c5ccccc54)n3)c2)c1. The van der Waals surface area contributed by atoms with Gasteiger partial charge in [-0.2, -0.15) is 0 Å². The highest BCUT2D eigenvalue weighted by atomic mass is 14.9. The van der Waals surface area contributed by atoms with E-state index in [-0.39, 0.29) is 0 Å². The molecule has 0 atom stereocenters. The van der Waals surface area contributed by atoms with E-state index in [4.69, 9.17) is 9.97 Å². The van der Waals surface area contributed by atoms with Crippen LogP contribution < -0.4 is 0 Å². The van der Waals surface area contributed by atoms with E-state index in [1.165, 1.54) is 66.8 Å². The Morgan fingerprint density at radius 1 is 0.296 bits per heavy atom. The second-order valence-corrected chi connectivity index (χ2v) is 19.0. The Morgan fingerprint density at radius 2 is 0.732 bits per heavy atom. The molecule has 10 aromatic carbocycles. The third-order valence-corrected chi connectivity index (χ3v) is 15.4. The zero-order chi connectivity index (χ0) is 47.1. The van der Waals surface area contributed by atoms with Gasteiger partial charge >= 0.3 is 0 Å². The second kappa shape index (κ2) is 16.0. The van der Waals surface area contributed by atoms with Gasteiger partial charge in [0.05, 0.1) is 22.2 Å². The summed E-state index contributed by atoms with van der Waals surface area (Å²) >= 11 is 0. The van der Waals surface area contributed by atoms with Gasteiger partial charge in [0.2, 0.25) is 0 Å². The molecule has 0 radical (unpaired) electrons. The molecular weight excluding hydrogens is 859 g/mol. The molecule has 0 N–H and O–H groups in total. The third-order valence-electron chi connectivity index (χ3n) is 15.4. The summed E-state index contributed by atoms with van der Waals surface area (Å²) in [5.41, 5.74) is 25.0. The zero-order valence-electron chi connectivity index (χ0n) is 39.1. The Bertz CT molecular complexity index is 3880. The van der Waals surface area contributed by atoms with Gasteiger partial charge in [0.1, 0.15) is 0 Å². The lowest BCUT2D eigenvalue weighted by Gasteiger charge is -2.48. The molecule has 332 valence electrons. The highest BCUT2D eigenvalue weighted by Crippen LogP contribution is 2.67. The van der Waals surface area contributed by atoms with Crippen molar-refractivity contribution in [2.45, 2.75) is 10.8 Å². The summed E-state index contributed by atoms with van der Waals surface area (Å²) in [6.45, 7) is 0. The molecular formula is C68H45N3. The van der Waals surface area contributed by atoms with Crippen molar-refractivity contribution in [3.63, 3.8) is 0 Å². The molecule has 0 aliphatic heterocycles. The third kappa shape index (κ3) is 5.93. The van der Waals surface area contributed by atoms with Crippen molar-refractivity contribution < 1.29 is 0 Å². The maximum atomic E-state index is 5.43. The van der Waals surface area contributed by atoms with Gasteiger partial charge in [-0.3, -0.25) is 4.99 Å². The molecule has 0 amide bonds. The van der Waals surface area contributed by atoms with Crippen LogP contribution in [0.1, 0.15) is 50.1 Å². The summed E-state index contributed by atoms with van der Waals surface area (Å²) in [5, 5.41) is 0. The van der Waals surface area contributed by atoms with Crippen molar-refractivity contribution in [1.82, 2.24) is 9.97 Å². The van der Waals surface area contributed by atoms with Gasteiger partial charge in [0, 0.05) is 30.0 Å². The molecule has 0 bridgehead atoms. The lowest BCUT2D eigenvalue weighted by Crippen LogP contribution is -2.43. The predicted octanol–water partition coefficient (Wildman–Crippen LogP) is 15.9. The van der Waals surface area contributed by atoms with Crippen LogP contribution in [-0.2, 0) is 10.8 Å². The molecule has 3 heteroatoms. The van der Waals surface area contributed by atoms with E-state index < -0.39 is 10.8 Å². The molecule has 11 aromatic rings. The summed E-state index contributed by atoms with van der Waals surface area (Å²) in [6, 6.07) is 91.5. The molecule has 3 nitrogen and oxygen atoms in total. The van der Waals surface area contributed by atoms with Gasteiger partial charge in [-0.05, 0) is 119 Å². The fourth-order valence-electron chi connectivity index (χ4n) is 12.6. The number of benzene rings is 10. The predicted molar refractivity (Wildman–Crippen MR) is 291 cm³/mol. The van der Waals surface area contributed by atoms with Gasteiger partial charge in [0.15, 0.2) is 5.82 Å². The average Bonchev–Trinajstić information content (AvgIpc) is 3.92. The fourth-order valence-corrected chi connectivity index (χ4v) is 12.6. The van der Waals surface area contributed by atoms with Crippen molar-refractivity contribution in [3.8, 4) is 78.4 Å². The normalized spacial score (nSPS) is 13.9. The minimum Gasteiger partial charge on any atom is -0.296 e. The topological polar surface area (TPSA) is 38.1 Å². The van der Waals surface area contributed by atoms with Crippen LogP contribution in [0, 0.1) is 0 Å². The van der Waals surface area contributed by atoms with Crippen LogP contribution in [0.2, 0.25) is 0 Å². The minimum atomic E-state index is -0.555. The lowest BCUT2D eigenvalue weighted by atomic mass is 9.52. The summed E-state index contributed by atoms with van der Waals surface area (Å²) in [5.74, 6) is 0.675. The van der Waals surface area contributed by atoms with Crippen molar-refractivity contribution in [2.24, 2.45) is 4.99 Å². The number of aliphatic imine (C=N–C) groups is 1. The Kier molecular flexibility index (Phi) is 9.24. The molecule has 0 unspecified atom stereocenters. The second-order valence-electron chi connectivity index (χ2n) is 19.0. The van der Waals surface area contributed by atoms with Crippen molar-refractivity contribution in [1.29, 1.82) is 0 Å². The molecule has 14 rings (SSSR count). The quantitative estimate of drug-likeness (QED) is 0.156.